The van der Waals surface area contributed by atoms with E-state index in [4.69, 9.17) is 14.2 Å². The van der Waals surface area contributed by atoms with Gasteiger partial charge in [-0.15, -0.1) is 0 Å². The lowest BCUT2D eigenvalue weighted by atomic mass is 9.82. The first-order valence-electron chi connectivity index (χ1n) is 31.9. The molecule has 23 nitrogen and oxygen atoms in total. The van der Waals surface area contributed by atoms with Crippen LogP contribution < -0.4 is 20.7 Å². The van der Waals surface area contributed by atoms with Crippen molar-refractivity contribution in [2.75, 3.05) is 55.4 Å². The van der Waals surface area contributed by atoms with Crippen molar-refractivity contribution in [1.82, 2.24) is 45.3 Å². The van der Waals surface area contributed by atoms with Gasteiger partial charge >= 0.3 is 11.9 Å². The first-order valence-corrected chi connectivity index (χ1v) is 31.9. The number of esters is 2. The summed E-state index contributed by atoms with van der Waals surface area (Å²) >= 11 is 0. The highest BCUT2D eigenvalue weighted by Crippen LogP contribution is 2.55. The number of rotatable bonds is 13. The number of hydrogen-bond donors (Lipinski definition) is 3. The summed E-state index contributed by atoms with van der Waals surface area (Å²) in [5.74, 6) is -10.2. The number of carbonyl (C=O) groups excluding carboxylic acids is 11. The largest absolute Gasteiger partial charge is 0.497 e. The normalized spacial score (nSPS) is 29.9. The van der Waals surface area contributed by atoms with Crippen LogP contribution in [0.1, 0.15) is 146 Å². The topological polar surface area (TPSA) is 271 Å². The average molecular weight is 1250 g/mol. The number of piperidine rings is 1. The molecule has 0 radical (unpaired) electrons. The maximum atomic E-state index is 15.5. The molecule has 14 atom stereocenters. The molecule has 4 fully saturated rings. The zero-order valence-electron chi connectivity index (χ0n) is 56.1. The van der Waals surface area contributed by atoms with E-state index < -0.39 is 168 Å². The number of nitrogens with one attached hydrogen (secondary N) is 3. The molecule has 3 unspecified atom stereocenters. The van der Waals surface area contributed by atoms with Crippen LogP contribution in [0.15, 0.2) is 36.4 Å². The quantitative estimate of drug-likeness (QED) is 0.181. The SMILES string of the molecule is C=C1C2CCC(C2)C1(C)OC(=O)C[C@@H]1C(=O)N(C)[C@@H]([C@@H](C)CC)C(=O)N(C)[C@@H]([C@@H](C)CC)C(=O)NCC(=O)N(C)[C@@H](C(C)C)C(=O)N[C@@H](Cc2ccc(OC)cc2)C(=O)O[C@H](C)C(=O)N2CCCC[C@H]2C(=O)N(C)[C@@H](C(C)C)C(=O)N[C@@H](C(C)C)C(=O)N1C. The van der Waals surface area contributed by atoms with Gasteiger partial charge in [-0.25, -0.2) is 4.79 Å². The fourth-order valence-corrected chi connectivity index (χ4v) is 13.5. The van der Waals surface area contributed by atoms with E-state index in [1.807, 2.05) is 20.8 Å². The Balaban J connectivity index is 1.63. The van der Waals surface area contributed by atoms with E-state index in [9.17, 15) is 38.4 Å². The van der Waals surface area contributed by atoms with Gasteiger partial charge < -0.3 is 59.6 Å². The molecule has 496 valence electrons. The third-order valence-electron chi connectivity index (χ3n) is 19.5. The molecule has 4 aliphatic rings. The second-order valence-electron chi connectivity index (χ2n) is 26.6. The Kier molecular flexibility index (Phi) is 25.4. The van der Waals surface area contributed by atoms with Gasteiger partial charge in [-0.05, 0) is 111 Å². The second kappa shape index (κ2) is 31.1. The molecule has 2 saturated carbocycles. The Labute approximate surface area is 527 Å². The van der Waals surface area contributed by atoms with Gasteiger partial charge in [-0.3, -0.25) is 47.9 Å². The van der Waals surface area contributed by atoms with E-state index in [1.54, 1.807) is 79.7 Å². The summed E-state index contributed by atoms with van der Waals surface area (Å²) in [6.45, 7) is 24.5. The molecule has 2 aliphatic heterocycles. The zero-order valence-corrected chi connectivity index (χ0v) is 56.1. The molecule has 0 aromatic heterocycles. The number of hydrogen-bond acceptors (Lipinski definition) is 14. The maximum Gasteiger partial charge on any atom is 0.329 e. The van der Waals surface area contributed by atoms with Crippen molar-refractivity contribution >= 4 is 65.1 Å². The molecule has 2 heterocycles. The molecule has 3 N–H and O–H groups in total. The molecule has 5 rings (SSSR count). The highest BCUT2D eigenvalue weighted by atomic mass is 16.6. The van der Waals surface area contributed by atoms with Crippen LogP contribution in [0.5, 0.6) is 5.75 Å². The minimum atomic E-state index is -1.60. The standard InChI is InChI=1S/C66H103N9O14/c1-20-39(9)55-57(78)67-35-50(76)71(15)53(37(5)6)58(79)68-47(32-43-25-29-46(87-19)30-26-43)65(86)88-42(12)60(81)75-31-23-22-24-48(75)61(82)72(16)54(38(7)8)59(80)69-52(36(3)4)63(84)70(14)49(62(83)74(18)56(40(10)21-2)64(85)73(55)17)34-51(77)89-66(13)41(11)44-27-28-45(66)33-44/h25-26,29-30,36-40,42,44-45,47-49,52-56H,11,20-24,27-28,31-35H2,1-10,12-19H3,(H,67,78)(H,68,79)(H,69,80)/t39-,40-,42+,44?,45?,47-,48-,49+,52-,53-,54-,55-,56-,66?/m0/s1. The van der Waals surface area contributed by atoms with Crippen LogP contribution in [-0.2, 0) is 68.6 Å². The van der Waals surface area contributed by atoms with Crippen molar-refractivity contribution < 1.29 is 67.0 Å². The molecule has 2 aliphatic carbocycles. The van der Waals surface area contributed by atoms with E-state index >= 15 is 14.4 Å². The van der Waals surface area contributed by atoms with Crippen LogP contribution in [-0.4, -0.2) is 210 Å². The van der Waals surface area contributed by atoms with E-state index in [-0.39, 0.29) is 31.2 Å². The van der Waals surface area contributed by atoms with Gasteiger partial charge in [0.1, 0.15) is 59.7 Å². The number of benzene rings is 1. The number of likely N-dealkylation sites (N-methyl/N-ethyl adjacent to an activating group) is 5. The molecule has 1 aromatic carbocycles. The van der Waals surface area contributed by atoms with Gasteiger partial charge in [0.15, 0.2) is 6.10 Å². The van der Waals surface area contributed by atoms with E-state index in [1.165, 1.54) is 68.9 Å². The highest BCUT2D eigenvalue weighted by Gasteiger charge is 2.54. The summed E-state index contributed by atoms with van der Waals surface area (Å²) in [6.07, 6.45) is 2.34. The molecule has 23 heteroatoms. The average Bonchev–Trinajstić information content (AvgIpc) is 1.83. The van der Waals surface area contributed by atoms with E-state index in [2.05, 4.69) is 22.5 Å². The molecular formula is C66H103N9O14. The van der Waals surface area contributed by atoms with Crippen molar-refractivity contribution in [2.24, 2.45) is 41.4 Å². The number of amides is 9. The van der Waals surface area contributed by atoms with Crippen LogP contribution in [0.4, 0.5) is 0 Å². The Morgan fingerprint density at radius 3 is 1.78 bits per heavy atom. The summed E-state index contributed by atoms with van der Waals surface area (Å²) < 4.78 is 17.5. The Hall–Kier alpha value is -7.07. The van der Waals surface area contributed by atoms with E-state index in [0.717, 1.165) is 34.6 Å². The lowest BCUT2D eigenvalue weighted by molar-refractivity contribution is -0.165. The molecule has 89 heavy (non-hydrogen) atoms. The molecule has 2 bridgehead atoms. The first kappa shape index (κ1) is 72.7. The van der Waals surface area contributed by atoms with Crippen molar-refractivity contribution in [3.8, 4) is 5.75 Å². The maximum absolute atomic E-state index is 15.5. The lowest BCUT2D eigenvalue weighted by Crippen LogP contribution is -2.63. The minimum Gasteiger partial charge on any atom is -0.497 e. The van der Waals surface area contributed by atoms with Crippen molar-refractivity contribution in [2.45, 2.75) is 207 Å². The monoisotopic (exact) mass is 1250 g/mol. The van der Waals surface area contributed by atoms with Crippen LogP contribution in [0, 0.1) is 41.4 Å². The van der Waals surface area contributed by atoms with Crippen LogP contribution in [0.25, 0.3) is 0 Å². The first-order chi connectivity index (χ1) is 41.7. The Morgan fingerprint density at radius 2 is 1.22 bits per heavy atom. The van der Waals surface area contributed by atoms with Crippen LogP contribution in [0.3, 0.4) is 0 Å². The van der Waals surface area contributed by atoms with Crippen molar-refractivity contribution in [1.29, 1.82) is 0 Å². The molecule has 9 amide bonds. The minimum absolute atomic E-state index is 0.00506. The summed E-state index contributed by atoms with van der Waals surface area (Å²) in [7, 11) is 8.54. The van der Waals surface area contributed by atoms with Gasteiger partial charge in [0, 0.05) is 54.1 Å². The van der Waals surface area contributed by atoms with Gasteiger partial charge in [0.2, 0.25) is 47.3 Å². The van der Waals surface area contributed by atoms with Gasteiger partial charge in [-0.1, -0.05) is 101 Å². The van der Waals surface area contributed by atoms with Gasteiger partial charge in [-0.2, -0.15) is 0 Å². The van der Waals surface area contributed by atoms with Gasteiger partial charge in [0.05, 0.1) is 20.1 Å². The summed E-state index contributed by atoms with van der Waals surface area (Å²) in [5, 5.41) is 8.37. The second-order valence-corrected chi connectivity index (χ2v) is 26.6. The Morgan fingerprint density at radius 1 is 0.663 bits per heavy atom. The summed E-state index contributed by atoms with van der Waals surface area (Å²) in [4.78, 5) is 170. The Bertz CT molecular complexity index is 2770. The van der Waals surface area contributed by atoms with E-state index in [0.29, 0.717) is 37.0 Å². The number of nitrogens with zero attached hydrogens (tertiary/aromatic N) is 6. The zero-order chi connectivity index (χ0) is 66.8. The van der Waals surface area contributed by atoms with Crippen molar-refractivity contribution in [3.63, 3.8) is 0 Å². The van der Waals surface area contributed by atoms with Crippen LogP contribution >= 0.6 is 0 Å². The molecule has 1 aromatic rings. The van der Waals surface area contributed by atoms with Crippen LogP contribution in [0.2, 0.25) is 0 Å². The predicted octanol–water partition coefficient (Wildman–Crippen LogP) is 4.52. The molecule has 2 saturated heterocycles. The fourth-order valence-electron chi connectivity index (χ4n) is 13.5. The predicted molar refractivity (Wildman–Crippen MR) is 334 cm³/mol. The number of methoxy groups -OCH3 is 1. The third-order valence-corrected chi connectivity index (χ3v) is 19.5. The summed E-state index contributed by atoms with van der Waals surface area (Å²) in [5.41, 5.74) is 0.344. The highest BCUT2D eigenvalue weighted by molar-refractivity contribution is 5.99. The number of ether oxygens (including phenoxy) is 3. The summed E-state index contributed by atoms with van der Waals surface area (Å²) in [6, 6.07) is -3.59. The number of fused-ring (bicyclic) bond motifs is 3. The van der Waals surface area contributed by atoms with Crippen molar-refractivity contribution in [3.05, 3.63) is 42.0 Å². The molecule has 0 spiro atoms. The lowest BCUT2D eigenvalue weighted by Gasteiger charge is -2.41. The smallest absolute Gasteiger partial charge is 0.329 e. The molecular weight excluding hydrogens is 1140 g/mol. The number of cyclic esters (lactones) is 1. The third kappa shape index (κ3) is 16.5. The number of carbonyl (C=O) groups is 11. The van der Waals surface area contributed by atoms with Gasteiger partial charge in [0.25, 0.3) is 5.91 Å². The fraction of sp³-hybridized carbons (Fsp3) is 0.712.